The number of likely N-dealkylation sites (N-methyl/N-ethyl adjacent to an activating group) is 1. The van der Waals surface area contributed by atoms with Crippen molar-refractivity contribution in [3.63, 3.8) is 0 Å². The summed E-state index contributed by atoms with van der Waals surface area (Å²) >= 11 is 1.91. The van der Waals surface area contributed by atoms with E-state index >= 15 is 0 Å². The first-order valence-corrected chi connectivity index (χ1v) is 5.64. The van der Waals surface area contributed by atoms with Gasteiger partial charge in [0.05, 0.1) is 0 Å². The average molecular weight is 216 g/mol. The van der Waals surface area contributed by atoms with E-state index in [-0.39, 0.29) is 5.91 Å². The molecule has 0 N–H and O–H groups in total. The first-order chi connectivity index (χ1) is 7.62. The van der Waals surface area contributed by atoms with Crippen LogP contribution in [0.5, 0.6) is 0 Å². The van der Waals surface area contributed by atoms with Crippen LogP contribution in [0.3, 0.4) is 0 Å². The third kappa shape index (κ3) is 2.24. The minimum absolute atomic E-state index is 0.00519. The molecule has 0 aromatic heterocycles. The number of carbonyl (C=O) groups excluding carboxylic acids is 1. The van der Waals surface area contributed by atoms with E-state index in [1.807, 2.05) is 37.6 Å². The summed E-state index contributed by atoms with van der Waals surface area (Å²) in [4.78, 5) is 18.3. The first kappa shape index (κ1) is 13.5. The summed E-state index contributed by atoms with van der Waals surface area (Å²) in [6, 6.07) is 0. The van der Waals surface area contributed by atoms with Crippen LogP contribution in [0.4, 0.5) is 0 Å². The first-order valence-electron chi connectivity index (χ1n) is 5.64. The summed E-state index contributed by atoms with van der Waals surface area (Å²) < 4.78 is 6.38. The Labute approximate surface area is 106 Å². The van der Waals surface area contributed by atoms with Gasteiger partial charge in [-0.25, -0.2) is 0 Å². The van der Waals surface area contributed by atoms with Crippen molar-refractivity contribution in [2.45, 2.75) is 19.4 Å². The number of hydrogen-bond acceptors (Lipinski definition) is 3. The zero-order valence-corrected chi connectivity index (χ0v) is 10.5. The van der Waals surface area contributed by atoms with Crippen molar-refractivity contribution < 1.29 is 9.53 Å². The molecule has 1 heterocycles. The number of nitrogens with zero attached hydrogens (tertiary/aromatic N) is 2. The molecule has 1 aliphatic heterocycles. The second kappa shape index (κ2) is 5.67. The Hall–Kier alpha value is -0.563. The van der Waals surface area contributed by atoms with Gasteiger partial charge in [0.15, 0.2) is 0 Å². The second-order valence-corrected chi connectivity index (χ2v) is 3.85. The molecular formula is C11H17LiN2O2. The Morgan fingerprint density at radius 1 is 1.62 bits per heavy atom. The van der Waals surface area contributed by atoms with Gasteiger partial charge >= 0.3 is 106 Å². The second-order valence-electron chi connectivity index (χ2n) is 3.85. The molecule has 16 heavy (non-hydrogen) atoms. The molecule has 0 saturated carbocycles. The summed E-state index contributed by atoms with van der Waals surface area (Å²) in [5.74, 6) is 0.00519. The molecule has 1 rings (SSSR count). The predicted molar refractivity (Wildman–Crippen MR) is 64.9 cm³/mol. The van der Waals surface area contributed by atoms with Gasteiger partial charge in [0.1, 0.15) is 0 Å². The molecule has 0 saturated heterocycles. The maximum atomic E-state index is 12.4. The van der Waals surface area contributed by atoms with Crippen LogP contribution in [0.15, 0.2) is 15.3 Å². The van der Waals surface area contributed by atoms with Crippen LogP contribution in [0.25, 0.3) is 0 Å². The minimum atomic E-state index is -0.888. The summed E-state index contributed by atoms with van der Waals surface area (Å²) in [6.45, 7) is 5.70. The molecule has 1 unspecified atom stereocenters. The molecule has 5 heteroatoms. The molecule has 84 valence electrons. The van der Waals surface area contributed by atoms with Crippen molar-refractivity contribution in [2.75, 3.05) is 26.7 Å². The van der Waals surface area contributed by atoms with Crippen LogP contribution < -0.4 is 0 Å². The van der Waals surface area contributed by atoms with E-state index in [1.54, 1.807) is 18.2 Å². The summed E-state index contributed by atoms with van der Waals surface area (Å²) in [5, 5.41) is 0. The van der Waals surface area contributed by atoms with E-state index in [1.165, 1.54) is 0 Å². The average Bonchev–Trinajstić information content (AvgIpc) is 2.31. The van der Waals surface area contributed by atoms with Crippen molar-refractivity contribution in [3.8, 4) is 0 Å². The molecule has 0 aromatic carbocycles. The van der Waals surface area contributed by atoms with Gasteiger partial charge in [-0.05, 0) is 0 Å². The van der Waals surface area contributed by atoms with Crippen LogP contribution in [-0.4, -0.2) is 67.1 Å². The van der Waals surface area contributed by atoms with Gasteiger partial charge < -0.3 is 0 Å². The molecule has 0 radical (unpaired) electrons. The topological polar surface area (TPSA) is 41.9 Å². The SMILES string of the molecule is [Li][C]1=CC=NCC1(OC)C(=O)N(CC)CC. The third-order valence-electron chi connectivity index (χ3n) is 3.13. The number of dihydropyridines is 1. The summed E-state index contributed by atoms with van der Waals surface area (Å²) in [7, 11) is 1.57. The fourth-order valence-corrected chi connectivity index (χ4v) is 1.92. The predicted octanol–water partition coefficient (Wildman–Crippen LogP) is 0.377. The van der Waals surface area contributed by atoms with Crippen molar-refractivity contribution in [2.24, 2.45) is 4.99 Å². The van der Waals surface area contributed by atoms with Crippen LogP contribution >= 0.6 is 0 Å². The molecule has 1 atom stereocenters. The molecule has 0 fully saturated rings. The Morgan fingerprint density at radius 2 is 2.25 bits per heavy atom. The van der Waals surface area contributed by atoms with E-state index in [4.69, 9.17) is 4.74 Å². The van der Waals surface area contributed by atoms with Gasteiger partial charge in [-0.2, -0.15) is 0 Å². The quantitative estimate of drug-likeness (QED) is 0.637. The van der Waals surface area contributed by atoms with E-state index in [0.717, 1.165) is 4.25 Å². The standard InChI is InChI=1S/C11H17N2O2.Li/c1-4-13(5-2)10(14)11(15-3)7-6-8-12-9-11;/h6,8H,4-5,9H2,1-3H3;. The number of allylic oxidation sites excluding steroid dienone is 1. The Balaban J connectivity index is 3.01. The third-order valence-corrected chi connectivity index (χ3v) is 3.13. The van der Waals surface area contributed by atoms with E-state index in [2.05, 4.69) is 4.99 Å². The van der Waals surface area contributed by atoms with Crippen molar-refractivity contribution in [1.29, 1.82) is 0 Å². The molecule has 1 amide bonds. The number of hydrogen-bond donors (Lipinski definition) is 0. The number of carbonyl (C=O) groups is 1. The van der Waals surface area contributed by atoms with E-state index < -0.39 is 5.60 Å². The zero-order valence-electron chi connectivity index (χ0n) is 10.5. The van der Waals surface area contributed by atoms with Crippen molar-refractivity contribution >= 4 is 29.8 Å². The molecule has 0 bridgehead atoms. The number of ether oxygens (including phenoxy) is 1. The molecule has 0 aromatic rings. The number of methoxy groups -OCH3 is 1. The molecule has 0 aliphatic carbocycles. The summed E-state index contributed by atoms with van der Waals surface area (Å²) in [6.07, 6.45) is 3.57. The zero-order chi connectivity index (χ0) is 12.2. The molecule has 0 spiro atoms. The fraction of sp³-hybridized carbons (Fsp3) is 0.636. The van der Waals surface area contributed by atoms with Gasteiger partial charge in [-0.15, -0.1) is 0 Å². The number of aliphatic imine (C=N–C) groups is 1. The summed E-state index contributed by atoms with van der Waals surface area (Å²) in [5.41, 5.74) is -0.888. The van der Waals surface area contributed by atoms with Crippen molar-refractivity contribution in [3.05, 3.63) is 10.3 Å². The van der Waals surface area contributed by atoms with E-state index in [9.17, 15) is 4.79 Å². The van der Waals surface area contributed by atoms with E-state index in [0.29, 0.717) is 19.6 Å². The molecule has 1 aliphatic rings. The van der Waals surface area contributed by atoms with Gasteiger partial charge in [-0.1, -0.05) is 0 Å². The number of amides is 1. The Bertz CT molecular complexity index is 324. The van der Waals surface area contributed by atoms with Crippen molar-refractivity contribution in [1.82, 2.24) is 4.90 Å². The maximum absolute atomic E-state index is 12.4. The number of rotatable bonds is 4. The normalized spacial score (nSPS) is 24.2. The van der Waals surface area contributed by atoms with Gasteiger partial charge in [-0.3, -0.25) is 0 Å². The van der Waals surface area contributed by atoms with Gasteiger partial charge in [0, 0.05) is 0 Å². The Kier molecular flexibility index (Phi) is 4.79. The van der Waals surface area contributed by atoms with Gasteiger partial charge in [0.2, 0.25) is 0 Å². The molecular weight excluding hydrogens is 199 g/mol. The fourth-order valence-electron chi connectivity index (χ4n) is 1.92. The van der Waals surface area contributed by atoms with Crippen LogP contribution in [0.2, 0.25) is 0 Å². The Morgan fingerprint density at radius 3 is 2.69 bits per heavy atom. The van der Waals surface area contributed by atoms with Crippen LogP contribution in [-0.2, 0) is 9.53 Å². The monoisotopic (exact) mass is 216 g/mol. The molecule has 4 nitrogen and oxygen atoms in total. The van der Waals surface area contributed by atoms with Gasteiger partial charge in [0.25, 0.3) is 0 Å². The van der Waals surface area contributed by atoms with Crippen LogP contribution in [0, 0.1) is 0 Å². The van der Waals surface area contributed by atoms with Crippen LogP contribution in [0.1, 0.15) is 13.8 Å².